The highest BCUT2D eigenvalue weighted by atomic mass is 32.2. The van der Waals surface area contributed by atoms with Crippen molar-refractivity contribution in [1.82, 2.24) is 0 Å². The minimum Gasteiger partial charge on any atom is -0.370 e. The molecule has 1 fully saturated rings. The number of para-hydroxylation sites is 1. The van der Waals surface area contributed by atoms with Crippen molar-refractivity contribution in [2.75, 3.05) is 55.6 Å². The third-order valence-corrected chi connectivity index (χ3v) is 6.60. The number of rotatable bonds is 8. The number of nitrogens with one attached hydrogen (secondary N) is 3. The second-order valence-corrected chi connectivity index (χ2v) is 8.34. The van der Waals surface area contributed by atoms with E-state index in [0.29, 0.717) is 12.2 Å². The number of aromatic amines is 1. The monoisotopic (exact) mass is 392 g/mol. The largest absolute Gasteiger partial charge is 0.370 e. The summed E-state index contributed by atoms with van der Waals surface area (Å²) in [5.74, 6) is 0.810. The lowest BCUT2D eigenvalue weighted by Gasteiger charge is -2.23. The van der Waals surface area contributed by atoms with Crippen LogP contribution in [-0.4, -0.2) is 54.4 Å². The quantitative estimate of drug-likeness (QED) is 0.665. The van der Waals surface area contributed by atoms with Crippen molar-refractivity contribution < 1.29 is 23.0 Å². The van der Waals surface area contributed by atoms with Crippen molar-refractivity contribution in [3.63, 3.8) is 0 Å². The molecule has 2 heterocycles. The highest BCUT2D eigenvalue weighted by Gasteiger charge is 2.24. The summed E-state index contributed by atoms with van der Waals surface area (Å²) in [7, 11) is -3.60. The molecule has 1 aliphatic rings. The number of H-pyrrole nitrogens is 1. The van der Waals surface area contributed by atoms with Gasteiger partial charge in [-0.2, -0.15) is 0 Å². The molecule has 1 aromatic carbocycles. The summed E-state index contributed by atoms with van der Waals surface area (Å²) in [5.41, 5.74) is 0.663. The first-order chi connectivity index (χ1) is 13.1. The Balaban J connectivity index is 1.63. The van der Waals surface area contributed by atoms with E-state index in [4.69, 9.17) is 4.74 Å². The van der Waals surface area contributed by atoms with Gasteiger partial charge in [0, 0.05) is 12.6 Å². The average Bonchev–Trinajstić information content (AvgIpc) is 2.70. The van der Waals surface area contributed by atoms with Crippen LogP contribution < -0.4 is 19.5 Å². The van der Waals surface area contributed by atoms with Gasteiger partial charge in [0.25, 0.3) is 15.8 Å². The number of hydrogen-bond acceptors (Lipinski definition) is 4. The second kappa shape index (κ2) is 9.16. The number of sulfonamides is 1. The Hall–Kier alpha value is -2.16. The minimum atomic E-state index is -3.60. The SMILES string of the molecule is CCN(c1ccccc1)S(=O)(=O)c1ccc(NCC[NH+]2CCOCC2)[nH+]c1. The fourth-order valence-electron chi connectivity index (χ4n) is 3.18. The van der Waals surface area contributed by atoms with Crippen LogP contribution in [0.4, 0.5) is 11.5 Å². The van der Waals surface area contributed by atoms with Crippen molar-refractivity contribution in [3.8, 4) is 0 Å². The molecule has 0 aliphatic carbocycles. The van der Waals surface area contributed by atoms with E-state index in [0.717, 1.165) is 45.2 Å². The molecule has 1 saturated heterocycles. The molecular weight excluding hydrogens is 364 g/mol. The summed E-state index contributed by atoms with van der Waals surface area (Å²) in [6, 6.07) is 12.6. The molecule has 0 radical (unpaired) electrons. The minimum absolute atomic E-state index is 0.248. The van der Waals surface area contributed by atoms with Crippen LogP contribution in [0, 0.1) is 0 Å². The molecule has 8 heteroatoms. The molecule has 2 aromatic rings. The van der Waals surface area contributed by atoms with Crippen LogP contribution in [-0.2, 0) is 14.8 Å². The summed E-state index contributed by atoms with van der Waals surface area (Å²) in [5, 5.41) is 3.32. The number of anilines is 2. The fraction of sp³-hybridized carbons (Fsp3) is 0.421. The molecule has 0 atom stereocenters. The van der Waals surface area contributed by atoms with Gasteiger partial charge in [-0.05, 0) is 25.1 Å². The summed E-state index contributed by atoms with van der Waals surface area (Å²) in [6.45, 7) is 7.75. The van der Waals surface area contributed by atoms with Crippen LogP contribution in [0.3, 0.4) is 0 Å². The Labute approximate surface area is 161 Å². The van der Waals surface area contributed by atoms with Gasteiger partial charge in [0.05, 0.1) is 18.9 Å². The number of morpholine rings is 1. The third kappa shape index (κ3) is 4.97. The van der Waals surface area contributed by atoms with Crippen molar-refractivity contribution in [2.45, 2.75) is 11.8 Å². The van der Waals surface area contributed by atoms with Crippen molar-refractivity contribution in [2.24, 2.45) is 0 Å². The zero-order valence-electron chi connectivity index (χ0n) is 15.6. The van der Waals surface area contributed by atoms with Crippen LogP contribution in [0.15, 0.2) is 53.6 Å². The molecule has 146 valence electrons. The van der Waals surface area contributed by atoms with Gasteiger partial charge in [-0.15, -0.1) is 0 Å². The first kappa shape index (κ1) is 19.6. The summed E-state index contributed by atoms with van der Waals surface area (Å²) in [6.07, 6.45) is 1.55. The Morgan fingerprint density at radius 3 is 2.52 bits per heavy atom. The number of pyridine rings is 1. The highest BCUT2D eigenvalue weighted by molar-refractivity contribution is 7.92. The topological polar surface area (TPSA) is 77.2 Å². The Kier molecular flexibility index (Phi) is 6.65. The molecule has 0 bridgehead atoms. The Morgan fingerprint density at radius 2 is 1.89 bits per heavy atom. The molecular formula is C19H28N4O3S+2. The fourth-order valence-corrected chi connectivity index (χ4v) is 4.62. The lowest BCUT2D eigenvalue weighted by Crippen LogP contribution is -3.14. The maximum absolute atomic E-state index is 13.0. The molecule has 0 amide bonds. The van der Waals surface area contributed by atoms with Gasteiger partial charge >= 0.3 is 0 Å². The molecule has 27 heavy (non-hydrogen) atoms. The predicted octanol–water partition coefficient (Wildman–Crippen LogP) is 0.0429. The van der Waals surface area contributed by atoms with Crippen molar-refractivity contribution >= 4 is 21.5 Å². The van der Waals surface area contributed by atoms with Gasteiger partial charge in [0.15, 0.2) is 0 Å². The van der Waals surface area contributed by atoms with Crippen LogP contribution in [0.5, 0.6) is 0 Å². The highest BCUT2D eigenvalue weighted by Crippen LogP contribution is 2.22. The number of benzene rings is 1. The second-order valence-electron chi connectivity index (χ2n) is 6.48. The number of ether oxygens (including phenoxy) is 1. The lowest BCUT2D eigenvalue weighted by molar-refractivity contribution is -0.906. The number of hydrogen-bond donors (Lipinski definition) is 2. The predicted molar refractivity (Wildman–Crippen MR) is 105 cm³/mol. The van der Waals surface area contributed by atoms with Gasteiger partial charge in [-0.3, -0.25) is 9.62 Å². The standard InChI is InChI=1S/C19H26N4O3S/c1-2-23(17-6-4-3-5-7-17)27(24,25)18-8-9-19(21-16-18)20-10-11-22-12-14-26-15-13-22/h3-9,16H,2,10-15H2,1H3,(H,20,21)/p+2. The van der Waals surface area contributed by atoms with E-state index in [1.165, 1.54) is 9.21 Å². The van der Waals surface area contributed by atoms with Crippen LogP contribution in [0.2, 0.25) is 0 Å². The van der Waals surface area contributed by atoms with E-state index in [-0.39, 0.29) is 4.90 Å². The third-order valence-electron chi connectivity index (χ3n) is 4.70. The molecule has 1 aromatic heterocycles. The van der Waals surface area contributed by atoms with Gasteiger partial charge in [-0.25, -0.2) is 13.4 Å². The smallest absolute Gasteiger partial charge is 0.272 e. The van der Waals surface area contributed by atoms with Gasteiger partial charge in [0.1, 0.15) is 37.3 Å². The molecule has 0 unspecified atom stereocenters. The molecule has 7 nitrogen and oxygen atoms in total. The average molecular weight is 393 g/mol. The van der Waals surface area contributed by atoms with E-state index in [1.807, 2.05) is 25.1 Å². The number of aromatic nitrogens is 1. The van der Waals surface area contributed by atoms with Gasteiger partial charge in [0.2, 0.25) is 0 Å². The Bertz CT molecular complexity index is 807. The Morgan fingerprint density at radius 1 is 1.15 bits per heavy atom. The summed E-state index contributed by atoms with van der Waals surface area (Å²) >= 11 is 0. The number of nitrogens with zero attached hydrogens (tertiary/aromatic N) is 1. The van der Waals surface area contributed by atoms with E-state index < -0.39 is 10.0 Å². The maximum atomic E-state index is 13.0. The summed E-state index contributed by atoms with van der Waals surface area (Å²) < 4.78 is 32.7. The maximum Gasteiger partial charge on any atom is 0.272 e. The van der Waals surface area contributed by atoms with Crippen LogP contribution in [0.25, 0.3) is 0 Å². The van der Waals surface area contributed by atoms with E-state index in [2.05, 4.69) is 10.3 Å². The molecule has 0 spiro atoms. The number of quaternary nitrogens is 1. The zero-order valence-corrected chi connectivity index (χ0v) is 16.5. The first-order valence-corrected chi connectivity index (χ1v) is 10.8. The van der Waals surface area contributed by atoms with Crippen molar-refractivity contribution in [1.29, 1.82) is 0 Å². The van der Waals surface area contributed by atoms with E-state index in [1.54, 1.807) is 30.5 Å². The van der Waals surface area contributed by atoms with Gasteiger partial charge in [-0.1, -0.05) is 18.2 Å². The molecule has 0 saturated carbocycles. The molecule has 1 aliphatic heterocycles. The van der Waals surface area contributed by atoms with Crippen molar-refractivity contribution in [3.05, 3.63) is 48.7 Å². The summed E-state index contributed by atoms with van der Waals surface area (Å²) in [4.78, 5) is 4.83. The van der Waals surface area contributed by atoms with Crippen LogP contribution >= 0.6 is 0 Å². The lowest BCUT2D eigenvalue weighted by atomic mass is 10.3. The first-order valence-electron chi connectivity index (χ1n) is 9.36. The zero-order chi connectivity index (χ0) is 19.1. The molecule has 3 N–H and O–H groups in total. The normalized spacial score (nSPS) is 15.4. The van der Waals surface area contributed by atoms with E-state index in [9.17, 15) is 8.42 Å². The van der Waals surface area contributed by atoms with Gasteiger partial charge < -0.3 is 9.64 Å². The van der Waals surface area contributed by atoms with E-state index >= 15 is 0 Å². The molecule has 3 rings (SSSR count). The van der Waals surface area contributed by atoms with Crippen LogP contribution in [0.1, 0.15) is 6.92 Å².